The highest BCUT2D eigenvalue weighted by atomic mass is 16.3. The van der Waals surface area contributed by atoms with Gasteiger partial charge in [-0.05, 0) is 35.4 Å². The lowest BCUT2D eigenvalue weighted by molar-refractivity contribution is 0.0439. The van der Waals surface area contributed by atoms with Gasteiger partial charge in [0.25, 0.3) is 0 Å². The molecule has 2 rings (SSSR count). The molecule has 0 fully saturated rings. The number of nitrogens with two attached hydrogens (primary N) is 1. The van der Waals surface area contributed by atoms with Crippen LogP contribution in [-0.4, -0.2) is 11.7 Å². The van der Waals surface area contributed by atoms with Gasteiger partial charge in [0, 0.05) is 6.54 Å². The highest BCUT2D eigenvalue weighted by Gasteiger charge is 2.39. The van der Waals surface area contributed by atoms with E-state index in [0.717, 1.165) is 18.4 Å². The minimum absolute atomic E-state index is 0.317. The van der Waals surface area contributed by atoms with Crippen LogP contribution in [0.15, 0.2) is 18.2 Å². The van der Waals surface area contributed by atoms with Gasteiger partial charge in [0.2, 0.25) is 0 Å². The van der Waals surface area contributed by atoms with E-state index in [0.29, 0.717) is 12.5 Å². The molecule has 0 saturated carbocycles. The van der Waals surface area contributed by atoms with Crippen LogP contribution < -0.4 is 5.73 Å². The van der Waals surface area contributed by atoms with E-state index in [1.54, 1.807) is 0 Å². The Bertz CT molecular complexity index is 375. The summed E-state index contributed by atoms with van der Waals surface area (Å²) >= 11 is 0. The van der Waals surface area contributed by atoms with Crippen molar-refractivity contribution in [2.45, 2.75) is 38.2 Å². The van der Waals surface area contributed by atoms with Gasteiger partial charge in [0.15, 0.2) is 0 Å². The molecule has 0 spiro atoms. The van der Waals surface area contributed by atoms with Crippen molar-refractivity contribution in [3.05, 3.63) is 34.9 Å². The van der Waals surface area contributed by atoms with E-state index in [9.17, 15) is 5.11 Å². The molecule has 3 N–H and O–H groups in total. The molecule has 2 heteroatoms. The van der Waals surface area contributed by atoms with Gasteiger partial charge < -0.3 is 10.8 Å². The van der Waals surface area contributed by atoms with Crippen molar-refractivity contribution in [2.24, 2.45) is 5.73 Å². The Labute approximate surface area is 91.1 Å². The highest BCUT2D eigenvalue weighted by molar-refractivity contribution is 5.43. The van der Waals surface area contributed by atoms with Gasteiger partial charge in [-0.2, -0.15) is 0 Å². The molecular weight excluding hydrogens is 186 g/mol. The number of fused-ring (bicyclic) bond motifs is 1. The molecule has 0 amide bonds. The predicted octanol–water partition coefficient (Wildman–Crippen LogP) is 1.90. The van der Waals surface area contributed by atoms with Crippen LogP contribution in [0.5, 0.6) is 0 Å². The fourth-order valence-electron chi connectivity index (χ4n) is 2.58. The molecule has 1 aliphatic carbocycles. The van der Waals surface area contributed by atoms with E-state index in [4.69, 9.17) is 5.73 Å². The van der Waals surface area contributed by atoms with Crippen molar-refractivity contribution < 1.29 is 5.11 Å². The maximum atomic E-state index is 10.4. The summed E-state index contributed by atoms with van der Waals surface area (Å²) in [6.45, 7) is 4.59. The normalized spacial score (nSPS) is 29.2. The maximum Gasteiger partial charge on any atom is 0.103 e. The monoisotopic (exact) mass is 205 g/mol. The second-order valence-electron chi connectivity index (χ2n) is 4.62. The van der Waals surface area contributed by atoms with Crippen molar-refractivity contribution in [1.82, 2.24) is 0 Å². The van der Waals surface area contributed by atoms with Crippen LogP contribution >= 0.6 is 0 Å². The predicted molar refractivity (Wildman–Crippen MR) is 61.8 cm³/mol. The summed E-state index contributed by atoms with van der Waals surface area (Å²) in [5.74, 6) is 0.416. The summed E-state index contributed by atoms with van der Waals surface area (Å²) in [7, 11) is 0. The van der Waals surface area contributed by atoms with Crippen LogP contribution in [0.25, 0.3) is 0 Å². The van der Waals surface area contributed by atoms with Gasteiger partial charge in [-0.25, -0.2) is 0 Å². The quantitative estimate of drug-likeness (QED) is 0.774. The average molecular weight is 205 g/mol. The molecule has 0 aliphatic heterocycles. The van der Waals surface area contributed by atoms with Gasteiger partial charge in [-0.1, -0.05) is 32.0 Å². The van der Waals surface area contributed by atoms with Crippen LogP contribution in [0.3, 0.4) is 0 Å². The number of hydrogen-bond acceptors (Lipinski definition) is 2. The third-order valence-electron chi connectivity index (χ3n) is 3.54. The summed E-state index contributed by atoms with van der Waals surface area (Å²) in [5, 5.41) is 10.4. The summed E-state index contributed by atoms with van der Waals surface area (Å²) < 4.78 is 0. The molecule has 2 nitrogen and oxygen atoms in total. The zero-order valence-electron chi connectivity index (χ0n) is 9.46. The second kappa shape index (κ2) is 3.62. The molecule has 15 heavy (non-hydrogen) atoms. The average Bonchev–Trinajstić information content (AvgIpc) is 2.52. The van der Waals surface area contributed by atoms with E-state index in [-0.39, 0.29) is 0 Å². The molecular formula is C13H19NO. The van der Waals surface area contributed by atoms with Gasteiger partial charge in [0.05, 0.1) is 0 Å². The molecule has 2 atom stereocenters. The number of rotatable bonds is 2. The molecule has 1 aromatic rings. The number of aliphatic hydroxyl groups is 1. The van der Waals surface area contributed by atoms with Crippen molar-refractivity contribution in [1.29, 1.82) is 0 Å². The first-order valence-corrected chi connectivity index (χ1v) is 5.66. The third-order valence-corrected chi connectivity index (χ3v) is 3.54. The van der Waals surface area contributed by atoms with Gasteiger partial charge >= 0.3 is 0 Å². The first-order chi connectivity index (χ1) is 7.10. The lowest BCUT2D eigenvalue weighted by atomic mass is 9.94. The lowest BCUT2D eigenvalue weighted by Gasteiger charge is -2.22. The van der Waals surface area contributed by atoms with E-state index in [1.807, 2.05) is 0 Å². The molecule has 82 valence electrons. The minimum atomic E-state index is -0.792. The molecule has 1 aliphatic rings. The SMILES string of the molecule is CCc1ccc2c(c1)C(O)(CN)CC2C. The number of aryl methyl sites for hydroxylation is 1. The number of hydrogen-bond donors (Lipinski definition) is 2. The smallest absolute Gasteiger partial charge is 0.103 e. The van der Waals surface area contributed by atoms with Crippen molar-refractivity contribution in [3.8, 4) is 0 Å². The second-order valence-corrected chi connectivity index (χ2v) is 4.62. The van der Waals surface area contributed by atoms with Gasteiger partial charge in [0.1, 0.15) is 5.60 Å². The van der Waals surface area contributed by atoms with Crippen LogP contribution in [0, 0.1) is 0 Å². The molecule has 0 heterocycles. The van der Waals surface area contributed by atoms with Crippen LogP contribution in [0.1, 0.15) is 42.9 Å². The molecule has 0 saturated heterocycles. The first kappa shape index (κ1) is 10.7. The first-order valence-electron chi connectivity index (χ1n) is 5.66. The van der Waals surface area contributed by atoms with Crippen LogP contribution in [-0.2, 0) is 12.0 Å². The molecule has 1 aromatic carbocycles. The summed E-state index contributed by atoms with van der Waals surface area (Å²) in [6, 6.07) is 6.41. The summed E-state index contributed by atoms with van der Waals surface area (Å²) in [6.07, 6.45) is 1.76. The van der Waals surface area contributed by atoms with E-state index < -0.39 is 5.60 Å². The largest absolute Gasteiger partial charge is 0.384 e. The van der Waals surface area contributed by atoms with Gasteiger partial charge in [-0.15, -0.1) is 0 Å². The van der Waals surface area contributed by atoms with E-state index in [2.05, 4.69) is 32.0 Å². The summed E-state index contributed by atoms with van der Waals surface area (Å²) in [5.41, 5.74) is 8.48. The number of benzene rings is 1. The molecule has 2 unspecified atom stereocenters. The van der Waals surface area contributed by atoms with Crippen LogP contribution in [0.4, 0.5) is 0 Å². The standard InChI is InChI=1S/C13H19NO/c1-3-10-4-5-11-9(2)7-13(15,8-14)12(11)6-10/h4-6,9,15H,3,7-8,14H2,1-2H3. The summed E-state index contributed by atoms with van der Waals surface area (Å²) in [4.78, 5) is 0. The molecule has 0 bridgehead atoms. The highest BCUT2D eigenvalue weighted by Crippen LogP contribution is 2.44. The van der Waals surface area contributed by atoms with Crippen molar-refractivity contribution in [3.63, 3.8) is 0 Å². The molecule has 0 aromatic heterocycles. The maximum absolute atomic E-state index is 10.4. The lowest BCUT2D eigenvalue weighted by Crippen LogP contribution is -2.32. The fraction of sp³-hybridized carbons (Fsp3) is 0.538. The molecule has 0 radical (unpaired) electrons. The Balaban J connectivity index is 2.52. The Hall–Kier alpha value is -0.860. The van der Waals surface area contributed by atoms with Gasteiger partial charge in [-0.3, -0.25) is 0 Å². The van der Waals surface area contributed by atoms with Crippen LogP contribution in [0.2, 0.25) is 0 Å². The Morgan fingerprint density at radius 2 is 2.27 bits per heavy atom. The topological polar surface area (TPSA) is 46.2 Å². The Morgan fingerprint density at radius 1 is 1.53 bits per heavy atom. The van der Waals surface area contributed by atoms with E-state index in [1.165, 1.54) is 11.1 Å². The minimum Gasteiger partial charge on any atom is -0.384 e. The van der Waals surface area contributed by atoms with Crippen molar-refractivity contribution >= 4 is 0 Å². The Kier molecular flexibility index (Phi) is 2.57. The van der Waals surface area contributed by atoms with Crippen molar-refractivity contribution in [2.75, 3.05) is 6.54 Å². The fourth-order valence-corrected chi connectivity index (χ4v) is 2.58. The zero-order valence-corrected chi connectivity index (χ0v) is 9.46. The zero-order chi connectivity index (χ0) is 11.1. The Morgan fingerprint density at radius 3 is 2.87 bits per heavy atom. The third kappa shape index (κ3) is 1.58. The van der Waals surface area contributed by atoms with E-state index >= 15 is 0 Å².